The molecule has 1 rings (SSSR count). The number of carbonyl (C=O) groups excluding carboxylic acids is 1. The van der Waals surface area contributed by atoms with Gasteiger partial charge in [-0.2, -0.15) is 0 Å². The summed E-state index contributed by atoms with van der Waals surface area (Å²) in [6, 6.07) is 4.96. The summed E-state index contributed by atoms with van der Waals surface area (Å²) >= 11 is 0. The lowest BCUT2D eigenvalue weighted by molar-refractivity contribution is -0.114. The van der Waals surface area contributed by atoms with Gasteiger partial charge >= 0.3 is 0 Å². The van der Waals surface area contributed by atoms with Crippen molar-refractivity contribution >= 4 is 27.3 Å². The van der Waals surface area contributed by atoms with E-state index in [9.17, 15) is 13.2 Å². The van der Waals surface area contributed by atoms with Gasteiger partial charge in [-0.05, 0) is 30.7 Å². The van der Waals surface area contributed by atoms with Crippen molar-refractivity contribution in [2.75, 3.05) is 16.3 Å². The number of amides is 1. The molecular weight excluding hydrogens is 228 g/mol. The van der Waals surface area contributed by atoms with E-state index in [0.29, 0.717) is 11.4 Å². The Labute approximate surface area is 94.9 Å². The van der Waals surface area contributed by atoms with Gasteiger partial charge in [-0.25, -0.2) is 8.42 Å². The Hall–Kier alpha value is -1.56. The molecule has 0 bridgehead atoms. The predicted molar refractivity (Wildman–Crippen MR) is 63.9 cm³/mol. The monoisotopic (exact) mass is 242 g/mol. The van der Waals surface area contributed by atoms with E-state index < -0.39 is 10.0 Å². The van der Waals surface area contributed by atoms with Gasteiger partial charge in [0.15, 0.2) is 0 Å². The molecule has 0 heterocycles. The van der Waals surface area contributed by atoms with Crippen molar-refractivity contribution in [1.82, 2.24) is 0 Å². The maximum Gasteiger partial charge on any atom is 0.229 e. The maximum atomic E-state index is 11.0. The average Bonchev–Trinajstić information content (AvgIpc) is 2.06. The Morgan fingerprint density at radius 3 is 2.38 bits per heavy atom. The SMILES string of the molecule is CC(=O)Nc1ccc(NS(C)(=O)=O)c(C)c1. The highest BCUT2D eigenvalue weighted by molar-refractivity contribution is 7.92. The Bertz CT molecular complexity index is 509. The first-order chi connectivity index (χ1) is 7.28. The third-order valence-corrected chi connectivity index (χ3v) is 2.43. The van der Waals surface area contributed by atoms with Crippen LogP contribution in [0, 0.1) is 6.92 Å². The van der Waals surface area contributed by atoms with Crippen LogP contribution in [-0.2, 0) is 14.8 Å². The van der Waals surface area contributed by atoms with E-state index in [2.05, 4.69) is 10.0 Å². The molecule has 1 amide bonds. The lowest BCUT2D eigenvalue weighted by Crippen LogP contribution is -2.11. The second-order valence-corrected chi connectivity index (χ2v) is 5.33. The number of aryl methyl sites for hydroxylation is 1. The summed E-state index contributed by atoms with van der Waals surface area (Å²) in [5.41, 5.74) is 1.90. The maximum absolute atomic E-state index is 11.0. The Balaban J connectivity index is 2.96. The number of rotatable bonds is 3. The zero-order valence-corrected chi connectivity index (χ0v) is 10.2. The molecule has 1 aromatic carbocycles. The minimum atomic E-state index is -3.27. The van der Waals surface area contributed by atoms with Crippen molar-refractivity contribution in [2.45, 2.75) is 13.8 Å². The van der Waals surface area contributed by atoms with Gasteiger partial charge in [0.05, 0.1) is 11.9 Å². The summed E-state index contributed by atoms with van der Waals surface area (Å²) in [5, 5.41) is 2.62. The molecule has 0 aliphatic carbocycles. The Morgan fingerprint density at radius 2 is 1.94 bits per heavy atom. The van der Waals surface area contributed by atoms with Crippen LogP contribution in [-0.4, -0.2) is 20.6 Å². The van der Waals surface area contributed by atoms with E-state index in [-0.39, 0.29) is 5.91 Å². The molecule has 88 valence electrons. The summed E-state index contributed by atoms with van der Waals surface area (Å²) in [7, 11) is -3.27. The summed E-state index contributed by atoms with van der Waals surface area (Å²) in [6.45, 7) is 3.18. The van der Waals surface area contributed by atoms with Gasteiger partial charge in [-0.1, -0.05) is 0 Å². The second kappa shape index (κ2) is 4.52. The molecule has 0 aliphatic rings. The quantitative estimate of drug-likeness (QED) is 0.839. The van der Waals surface area contributed by atoms with Crippen LogP contribution >= 0.6 is 0 Å². The van der Waals surface area contributed by atoms with Gasteiger partial charge in [0, 0.05) is 12.6 Å². The lowest BCUT2D eigenvalue weighted by Gasteiger charge is -2.09. The molecule has 16 heavy (non-hydrogen) atoms. The van der Waals surface area contributed by atoms with Gasteiger partial charge in [0.25, 0.3) is 0 Å². The number of sulfonamides is 1. The Kier molecular flexibility index (Phi) is 3.54. The van der Waals surface area contributed by atoms with Crippen molar-refractivity contribution in [2.24, 2.45) is 0 Å². The van der Waals surface area contributed by atoms with Crippen molar-refractivity contribution in [1.29, 1.82) is 0 Å². The van der Waals surface area contributed by atoms with Gasteiger partial charge < -0.3 is 5.32 Å². The lowest BCUT2D eigenvalue weighted by atomic mass is 10.2. The first-order valence-electron chi connectivity index (χ1n) is 4.64. The summed E-state index contributed by atoms with van der Waals surface area (Å²) in [4.78, 5) is 10.8. The van der Waals surface area contributed by atoms with Crippen LogP contribution in [0.1, 0.15) is 12.5 Å². The van der Waals surface area contributed by atoms with Gasteiger partial charge in [-0.3, -0.25) is 9.52 Å². The molecule has 5 nitrogen and oxygen atoms in total. The highest BCUT2D eigenvalue weighted by Gasteiger charge is 2.05. The third kappa shape index (κ3) is 3.90. The highest BCUT2D eigenvalue weighted by atomic mass is 32.2. The highest BCUT2D eigenvalue weighted by Crippen LogP contribution is 2.20. The molecule has 0 atom stereocenters. The largest absolute Gasteiger partial charge is 0.326 e. The van der Waals surface area contributed by atoms with Crippen LogP contribution < -0.4 is 10.0 Å². The topological polar surface area (TPSA) is 75.3 Å². The van der Waals surface area contributed by atoms with Gasteiger partial charge in [-0.15, -0.1) is 0 Å². The average molecular weight is 242 g/mol. The van der Waals surface area contributed by atoms with E-state index in [1.165, 1.54) is 6.92 Å². The molecular formula is C10H14N2O3S. The molecule has 2 N–H and O–H groups in total. The van der Waals surface area contributed by atoms with Crippen molar-refractivity contribution in [3.63, 3.8) is 0 Å². The fraction of sp³-hybridized carbons (Fsp3) is 0.300. The third-order valence-electron chi connectivity index (χ3n) is 1.84. The van der Waals surface area contributed by atoms with Crippen LogP contribution in [0.15, 0.2) is 18.2 Å². The summed E-state index contributed by atoms with van der Waals surface area (Å²) < 4.78 is 24.5. The van der Waals surface area contributed by atoms with Crippen LogP contribution in [0.4, 0.5) is 11.4 Å². The number of nitrogens with one attached hydrogen (secondary N) is 2. The zero-order valence-electron chi connectivity index (χ0n) is 9.37. The fourth-order valence-electron chi connectivity index (χ4n) is 1.26. The van der Waals surface area contributed by atoms with Crippen LogP contribution in [0.5, 0.6) is 0 Å². The molecule has 0 saturated heterocycles. The number of benzene rings is 1. The van der Waals surface area contributed by atoms with Gasteiger partial charge in [0.1, 0.15) is 0 Å². The van der Waals surface area contributed by atoms with Crippen molar-refractivity contribution < 1.29 is 13.2 Å². The van der Waals surface area contributed by atoms with Crippen molar-refractivity contribution in [3.8, 4) is 0 Å². The number of carbonyl (C=O) groups is 1. The molecule has 0 radical (unpaired) electrons. The van der Waals surface area contributed by atoms with E-state index in [0.717, 1.165) is 11.8 Å². The normalized spacial score (nSPS) is 10.9. The number of anilines is 2. The fourth-order valence-corrected chi connectivity index (χ4v) is 1.89. The Morgan fingerprint density at radius 1 is 1.31 bits per heavy atom. The van der Waals surface area contributed by atoms with Crippen molar-refractivity contribution in [3.05, 3.63) is 23.8 Å². The smallest absolute Gasteiger partial charge is 0.229 e. The second-order valence-electron chi connectivity index (χ2n) is 3.59. The van der Waals surface area contributed by atoms with E-state index >= 15 is 0 Å². The zero-order chi connectivity index (χ0) is 12.3. The molecule has 0 fully saturated rings. The minimum Gasteiger partial charge on any atom is -0.326 e. The first-order valence-corrected chi connectivity index (χ1v) is 6.53. The number of hydrogen-bond acceptors (Lipinski definition) is 3. The summed E-state index contributed by atoms with van der Waals surface area (Å²) in [6.07, 6.45) is 1.09. The van der Waals surface area contributed by atoms with E-state index in [1.54, 1.807) is 25.1 Å². The van der Waals surface area contributed by atoms with Crippen LogP contribution in [0.3, 0.4) is 0 Å². The molecule has 0 saturated carbocycles. The van der Waals surface area contributed by atoms with Gasteiger partial charge in [0.2, 0.25) is 15.9 Å². The van der Waals surface area contributed by atoms with E-state index in [1.807, 2.05) is 0 Å². The van der Waals surface area contributed by atoms with Crippen LogP contribution in [0.2, 0.25) is 0 Å². The molecule has 0 aromatic heterocycles. The molecule has 0 spiro atoms. The predicted octanol–water partition coefficient (Wildman–Crippen LogP) is 1.32. The van der Waals surface area contributed by atoms with E-state index in [4.69, 9.17) is 0 Å². The molecule has 0 unspecified atom stereocenters. The van der Waals surface area contributed by atoms with Crippen LogP contribution in [0.25, 0.3) is 0 Å². The molecule has 1 aromatic rings. The summed E-state index contributed by atoms with van der Waals surface area (Å²) in [5.74, 6) is -0.164. The minimum absolute atomic E-state index is 0.164. The first kappa shape index (κ1) is 12.5. The number of hydrogen-bond donors (Lipinski definition) is 2. The molecule has 0 aliphatic heterocycles. The molecule has 6 heteroatoms. The standard InChI is InChI=1S/C10H14N2O3S/c1-7-6-9(11-8(2)13)4-5-10(7)12-16(3,14)15/h4-6,12H,1-3H3,(H,11,13).